The smallest absolute Gasteiger partial charge is 0.295 e. The lowest BCUT2D eigenvalue weighted by Gasteiger charge is -2.35. The number of hydrogen-bond donors (Lipinski definition) is 1. The molecule has 4 rings (SSSR count). The van der Waals surface area contributed by atoms with Crippen molar-refractivity contribution in [3.8, 4) is 0 Å². The van der Waals surface area contributed by atoms with Crippen LogP contribution in [0.1, 0.15) is 12.8 Å². The van der Waals surface area contributed by atoms with Gasteiger partial charge in [0, 0.05) is 39.3 Å². The average molecular weight is 465 g/mol. The molecule has 0 aromatic heterocycles. The van der Waals surface area contributed by atoms with Crippen LogP contribution < -0.4 is 10.2 Å². The van der Waals surface area contributed by atoms with Crippen molar-refractivity contribution in [2.24, 2.45) is 0 Å². The third-order valence-corrected chi connectivity index (χ3v) is 7.68. The molecule has 0 aliphatic carbocycles. The van der Waals surface area contributed by atoms with Gasteiger partial charge in [-0.15, -0.1) is 0 Å². The fourth-order valence-corrected chi connectivity index (χ4v) is 5.47. The summed E-state index contributed by atoms with van der Waals surface area (Å²) in [6, 6.07) is 10.5. The molecule has 2 heterocycles. The van der Waals surface area contributed by atoms with E-state index in [9.17, 15) is 22.9 Å². The number of nitrogens with one attached hydrogen (secondary N) is 1. The number of halogens is 1. The highest BCUT2D eigenvalue weighted by molar-refractivity contribution is 7.89. The molecule has 2 aliphatic rings. The Morgan fingerprint density at radius 1 is 1.16 bits per heavy atom. The van der Waals surface area contributed by atoms with Crippen LogP contribution in [0, 0.1) is 15.9 Å². The van der Waals surface area contributed by atoms with Gasteiger partial charge in [0.25, 0.3) is 5.69 Å². The summed E-state index contributed by atoms with van der Waals surface area (Å²) in [7, 11) is -3.64. The third kappa shape index (κ3) is 4.69. The first-order valence-electron chi connectivity index (χ1n) is 10.5. The molecular weight excluding hydrogens is 439 g/mol. The van der Waals surface area contributed by atoms with Crippen LogP contribution in [0.3, 0.4) is 0 Å². The van der Waals surface area contributed by atoms with Crippen LogP contribution in [0.25, 0.3) is 0 Å². The summed E-state index contributed by atoms with van der Waals surface area (Å²) in [4.78, 5) is 12.9. The van der Waals surface area contributed by atoms with Gasteiger partial charge in [0.15, 0.2) is 5.82 Å². The molecule has 1 atom stereocenters. The van der Waals surface area contributed by atoms with Gasteiger partial charge in [0.2, 0.25) is 10.0 Å². The van der Waals surface area contributed by atoms with Gasteiger partial charge in [-0.2, -0.15) is 4.31 Å². The normalized spacial score (nSPS) is 19.8. The minimum absolute atomic E-state index is 0.0141. The first-order valence-corrected chi connectivity index (χ1v) is 11.9. The maximum Gasteiger partial charge on any atom is 0.295 e. The molecule has 2 fully saturated rings. The highest BCUT2D eigenvalue weighted by Gasteiger charge is 2.31. The Balaban J connectivity index is 1.51. The van der Waals surface area contributed by atoms with Gasteiger partial charge < -0.3 is 15.0 Å². The fraction of sp³-hybridized carbons (Fsp3) is 0.429. The molecule has 0 saturated carbocycles. The molecule has 1 unspecified atom stereocenters. The van der Waals surface area contributed by atoms with Crippen LogP contribution in [0.2, 0.25) is 0 Å². The molecule has 2 saturated heterocycles. The van der Waals surface area contributed by atoms with E-state index >= 15 is 0 Å². The lowest BCUT2D eigenvalue weighted by molar-refractivity contribution is -0.384. The molecule has 2 aromatic rings. The first-order chi connectivity index (χ1) is 15.4. The predicted molar refractivity (Wildman–Crippen MR) is 118 cm³/mol. The van der Waals surface area contributed by atoms with Crippen molar-refractivity contribution < 1.29 is 22.5 Å². The van der Waals surface area contributed by atoms with E-state index in [1.165, 1.54) is 10.4 Å². The summed E-state index contributed by atoms with van der Waals surface area (Å²) in [5.41, 5.74) is 0.0907. The zero-order valence-electron chi connectivity index (χ0n) is 17.4. The quantitative estimate of drug-likeness (QED) is 0.496. The highest BCUT2D eigenvalue weighted by atomic mass is 32.2. The first kappa shape index (κ1) is 22.4. The van der Waals surface area contributed by atoms with Crippen molar-refractivity contribution in [2.75, 3.05) is 49.5 Å². The second kappa shape index (κ2) is 9.39. The van der Waals surface area contributed by atoms with E-state index in [0.29, 0.717) is 13.2 Å². The van der Waals surface area contributed by atoms with Gasteiger partial charge >= 0.3 is 0 Å². The van der Waals surface area contributed by atoms with Gasteiger partial charge in [-0.1, -0.05) is 18.2 Å². The maximum absolute atomic E-state index is 14.5. The summed E-state index contributed by atoms with van der Waals surface area (Å²) in [5, 5.41) is 14.6. The summed E-state index contributed by atoms with van der Waals surface area (Å²) in [6.45, 7) is 1.94. The van der Waals surface area contributed by atoms with Crippen molar-refractivity contribution in [3.05, 3.63) is 58.4 Å². The second-order valence-electron chi connectivity index (χ2n) is 7.80. The number of nitro groups is 1. The lowest BCUT2D eigenvalue weighted by Crippen LogP contribution is -2.48. The largest absolute Gasteiger partial charge is 0.380 e. The molecule has 0 radical (unpaired) electrons. The van der Waals surface area contributed by atoms with Crippen LogP contribution in [-0.4, -0.2) is 63.1 Å². The number of hydrogen-bond acceptors (Lipinski definition) is 7. The second-order valence-corrected chi connectivity index (χ2v) is 9.74. The Morgan fingerprint density at radius 3 is 2.50 bits per heavy atom. The molecule has 1 N–H and O–H groups in total. The molecule has 0 spiro atoms. The fourth-order valence-electron chi connectivity index (χ4n) is 4.03. The van der Waals surface area contributed by atoms with E-state index in [1.807, 2.05) is 0 Å². The molecule has 2 aromatic carbocycles. The summed E-state index contributed by atoms with van der Waals surface area (Å²) in [5.74, 6) is -0.705. The van der Waals surface area contributed by atoms with Gasteiger partial charge in [-0.05, 0) is 31.0 Å². The van der Waals surface area contributed by atoms with E-state index in [4.69, 9.17) is 4.74 Å². The number of nitro benzene ring substituents is 1. The molecule has 32 heavy (non-hydrogen) atoms. The highest BCUT2D eigenvalue weighted by Crippen LogP contribution is 2.34. The Morgan fingerprint density at radius 2 is 1.88 bits per heavy atom. The van der Waals surface area contributed by atoms with Gasteiger partial charge in [-0.3, -0.25) is 10.1 Å². The standard InChI is InChI=1S/C21H25FN4O5S/c22-18-13-21(26(27)28)20(14-19(18)23-15-16-5-4-12-31-16)24-8-10-25(11-9-24)32(29,30)17-6-2-1-3-7-17/h1-3,6-7,13-14,16,23H,4-5,8-12,15H2. The zero-order valence-corrected chi connectivity index (χ0v) is 18.3. The number of nitrogens with zero attached hydrogens (tertiary/aromatic N) is 3. The molecule has 9 nitrogen and oxygen atoms in total. The van der Waals surface area contributed by atoms with Gasteiger partial charge in [-0.25, -0.2) is 12.8 Å². The topological polar surface area (TPSA) is 105 Å². The van der Waals surface area contributed by atoms with Crippen molar-refractivity contribution in [2.45, 2.75) is 23.8 Å². The maximum atomic E-state index is 14.5. The van der Waals surface area contributed by atoms with Crippen molar-refractivity contribution in [3.63, 3.8) is 0 Å². The number of rotatable bonds is 7. The third-order valence-electron chi connectivity index (χ3n) is 5.77. The Hall–Kier alpha value is -2.76. The molecule has 0 bridgehead atoms. The van der Waals surface area contributed by atoms with Crippen molar-refractivity contribution in [1.29, 1.82) is 0 Å². The van der Waals surface area contributed by atoms with Crippen LogP contribution >= 0.6 is 0 Å². The molecule has 172 valence electrons. The minimum Gasteiger partial charge on any atom is -0.380 e. The SMILES string of the molecule is O=[N+]([O-])c1cc(F)c(NCC2CCCO2)cc1N1CCN(S(=O)(=O)c2ccccc2)CC1. The summed E-state index contributed by atoms with van der Waals surface area (Å²) in [6.07, 6.45) is 1.82. The van der Waals surface area contributed by atoms with E-state index in [-0.39, 0.29) is 54.2 Å². The number of benzene rings is 2. The Kier molecular flexibility index (Phi) is 6.58. The molecular formula is C21H25FN4O5S. The monoisotopic (exact) mass is 464 g/mol. The van der Waals surface area contributed by atoms with Crippen molar-refractivity contribution >= 4 is 27.1 Å². The van der Waals surface area contributed by atoms with E-state index < -0.39 is 20.8 Å². The molecule has 11 heteroatoms. The van der Waals surface area contributed by atoms with E-state index in [0.717, 1.165) is 18.9 Å². The molecule has 2 aliphatic heterocycles. The van der Waals surface area contributed by atoms with Crippen LogP contribution in [-0.2, 0) is 14.8 Å². The summed E-state index contributed by atoms with van der Waals surface area (Å²) >= 11 is 0. The number of ether oxygens (including phenoxy) is 1. The Labute approximate surface area is 186 Å². The van der Waals surface area contributed by atoms with Crippen molar-refractivity contribution in [1.82, 2.24) is 4.31 Å². The van der Waals surface area contributed by atoms with Crippen LogP contribution in [0.4, 0.5) is 21.5 Å². The van der Waals surface area contributed by atoms with Crippen LogP contribution in [0.15, 0.2) is 47.4 Å². The summed E-state index contributed by atoms with van der Waals surface area (Å²) < 4.78 is 47.1. The number of piperazine rings is 1. The van der Waals surface area contributed by atoms with Crippen LogP contribution in [0.5, 0.6) is 0 Å². The number of sulfonamides is 1. The minimum atomic E-state index is -3.64. The van der Waals surface area contributed by atoms with E-state index in [1.54, 1.807) is 35.2 Å². The molecule has 0 amide bonds. The number of anilines is 2. The Bertz CT molecular complexity index is 1070. The zero-order chi connectivity index (χ0) is 22.7. The lowest BCUT2D eigenvalue weighted by atomic mass is 10.1. The average Bonchev–Trinajstić information content (AvgIpc) is 3.32. The van der Waals surface area contributed by atoms with Gasteiger partial charge in [0.05, 0.1) is 27.7 Å². The van der Waals surface area contributed by atoms with E-state index in [2.05, 4.69) is 5.32 Å². The van der Waals surface area contributed by atoms with Gasteiger partial charge in [0.1, 0.15) is 5.69 Å². The predicted octanol–water partition coefficient (Wildman–Crippen LogP) is 2.84.